The summed E-state index contributed by atoms with van der Waals surface area (Å²) in [5, 5.41) is 8.61. The number of carbonyl (C=O) groups is 1. The van der Waals surface area contributed by atoms with E-state index >= 15 is 0 Å². The zero-order valence-electron chi connectivity index (χ0n) is 8.54. The Kier molecular flexibility index (Phi) is 4.48. The number of hydrogen-bond donors (Lipinski definition) is 1. The van der Waals surface area contributed by atoms with E-state index in [0.29, 0.717) is 6.61 Å². The summed E-state index contributed by atoms with van der Waals surface area (Å²) in [6, 6.07) is 0. The number of carbonyl (C=O) groups excluding carboxylic acids is 1. The van der Waals surface area contributed by atoms with Crippen LogP contribution in [0.3, 0.4) is 0 Å². The molecule has 4 heteroatoms. The molecule has 0 radical (unpaired) electrons. The van der Waals surface area contributed by atoms with Crippen LogP contribution in [-0.2, 0) is 9.53 Å². The Balaban J connectivity index is 3.47. The zero-order valence-corrected chi connectivity index (χ0v) is 8.54. The first kappa shape index (κ1) is 12.0. The highest BCUT2D eigenvalue weighted by molar-refractivity contribution is 5.84. The van der Waals surface area contributed by atoms with Gasteiger partial charge in [-0.1, -0.05) is 0 Å². The number of hydrogen-bond acceptors (Lipinski definition) is 3. The minimum absolute atomic E-state index is 0.327. The fraction of sp³-hybridized carbons (Fsp3) is 0.667. The number of aliphatic hydroxyl groups is 1. The normalized spacial score (nSPS) is 11.0. The summed E-state index contributed by atoms with van der Waals surface area (Å²) in [5.74, 6) is -1.27. The molecule has 13 heavy (non-hydrogen) atoms. The Labute approximate surface area is 79.0 Å². The highest BCUT2D eigenvalue weighted by Crippen LogP contribution is 1.95. The number of quaternary nitrogens is 1. The molecular formula is C9H18NO3+. The van der Waals surface area contributed by atoms with Gasteiger partial charge in [0.15, 0.2) is 5.76 Å². The maximum Gasteiger partial charge on any atom is 0.372 e. The average Bonchev–Trinajstić information content (AvgIpc) is 1.95. The predicted molar refractivity (Wildman–Crippen MR) is 50.2 cm³/mol. The number of esters is 1. The highest BCUT2D eigenvalue weighted by atomic mass is 16.5. The number of nitrogens with zero attached hydrogens (tertiary/aromatic N) is 1. The molecule has 0 aromatic rings. The summed E-state index contributed by atoms with van der Waals surface area (Å²) in [4.78, 5) is 10.7. The Morgan fingerprint density at radius 2 is 2.00 bits per heavy atom. The fourth-order valence-electron chi connectivity index (χ4n) is 0.787. The molecule has 0 bridgehead atoms. The highest BCUT2D eigenvalue weighted by Gasteiger charge is 2.08. The van der Waals surface area contributed by atoms with Gasteiger partial charge in [0, 0.05) is 6.42 Å². The smallest absolute Gasteiger partial charge is 0.372 e. The van der Waals surface area contributed by atoms with Crippen LogP contribution in [-0.4, -0.2) is 49.9 Å². The van der Waals surface area contributed by atoms with Gasteiger partial charge in [-0.05, 0) is 6.58 Å². The van der Waals surface area contributed by atoms with Crippen LogP contribution in [0.15, 0.2) is 12.3 Å². The molecular weight excluding hydrogens is 170 g/mol. The Bertz CT molecular complexity index is 194. The molecule has 0 rings (SSSR count). The van der Waals surface area contributed by atoms with E-state index in [9.17, 15) is 4.79 Å². The first-order valence-electron chi connectivity index (χ1n) is 4.18. The van der Waals surface area contributed by atoms with Gasteiger partial charge in [0.2, 0.25) is 0 Å². The Morgan fingerprint density at radius 1 is 1.46 bits per heavy atom. The van der Waals surface area contributed by atoms with Crippen LogP contribution in [0, 0.1) is 0 Å². The topological polar surface area (TPSA) is 46.5 Å². The van der Waals surface area contributed by atoms with E-state index in [1.54, 1.807) is 0 Å². The van der Waals surface area contributed by atoms with Gasteiger partial charge in [0.1, 0.15) is 0 Å². The van der Waals surface area contributed by atoms with Crippen molar-refractivity contribution in [3.63, 3.8) is 0 Å². The molecule has 76 valence electrons. The first-order valence-corrected chi connectivity index (χ1v) is 4.18. The van der Waals surface area contributed by atoms with Crippen molar-refractivity contribution >= 4 is 5.97 Å². The molecule has 0 aliphatic rings. The summed E-state index contributed by atoms with van der Waals surface area (Å²) in [7, 11) is 6.19. The fourth-order valence-corrected chi connectivity index (χ4v) is 0.787. The molecule has 0 aromatic heterocycles. The summed E-state index contributed by atoms with van der Waals surface area (Å²) in [6.07, 6.45) is 0.780. The lowest BCUT2D eigenvalue weighted by atomic mass is 10.4. The van der Waals surface area contributed by atoms with Gasteiger partial charge in [-0.15, -0.1) is 0 Å². The minimum atomic E-state index is -0.735. The quantitative estimate of drug-likeness (QED) is 0.227. The standard InChI is InChI=1S/C9H17NO3/c1-8(11)9(12)13-7-5-6-10(2,3)4/h1,5-7H2,2-4H3/p+1. The molecule has 0 spiro atoms. The van der Waals surface area contributed by atoms with Gasteiger partial charge in [-0.2, -0.15) is 0 Å². The Morgan fingerprint density at radius 3 is 2.38 bits per heavy atom. The summed E-state index contributed by atoms with van der Waals surface area (Å²) in [6.45, 7) is 4.31. The van der Waals surface area contributed by atoms with E-state index in [0.717, 1.165) is 17.4 Å². The molecule has 0 aromatic carbocycles. The average molecular weight is 188 g/mol. The van der Waals surface area contributed by atoms with Gasteiger partial charge < -0.3 is 14.3 Å². The molecule has 0 amide bonds. The molecule has 0 fully saturated rings. The molecule has 0 heterocycles. The van der Waals surface area contributed by atoms with Crippen molar-refractivity contribution in [3.8, 4) is 0 Å². The number of rotatable bonds is 5. The van der Waals surface area contributed by atoms with Gasteiger partial charge >= 0.3 is 5.97 Å². The van der Waals surface area contributed by atoms with E-state index < -0.39 is 11.7 Å². The second kappa shape index (κ2) is 4.87. The van der Waals surface area contributed by atoms with E-state index in [1.165, 1.54) is 0 Å². The minimum Gasteiger partial charge on any atom is -0.502 e. The molecule has 0 aliphatic heterocycles. The van der Waals surface area contributed by atoms with Crippen LogP contribution >= 0.6 is 0 Å². The van der Waals surface area contributed by atoms with Gasteiger partial charge in [0.25, 0.3) is 0 Å². The molecule has 0 saturated carbocycles. The van der Waals surface area contributed by atoms with Gasteiger partial charge in [0.05, 0.1) is 34.3 Å². The van der Waals surface area contributed by atoms with Gasteiger partial charge in [-0.3, -0.25) is 0 Å². The van der Waals surface area contributed by atoms with Crippen molar-refractivity contribution in [1.29, 1.82) is 0 Å². The zero-order chi connectivity index (χ0) is 10.5. The summed E-state index contributed by atoms with van der Waals surface area (Å²) < 4.78 is 5.53. The van der Waals surface area contributed by atoms with Gasteiger partial charge in [-0.25, -0.2) is 4.79 Å². The number of ether oxygens (including phenoxy) is 1. The predicted octanol–water partition coefficient (Wildman–Crippen LogP) is 0.698. The third kappa shape index (κ3) is 7.33. The molecule has 0 saturated heterocycles. The largest absolute Gasteiger partial charge is 0.502 e. The van der Waals surface area contributed by atoms with E-state index in [4.69, 9.17) is 9.84 Å². The monoisotopic (exact) mass is 188 g/mol. The second-order valence-corrected chi connectivity index (χ2v) is 3.95. The molecule has 4 nitrogen and oxygen atoms in total. The molecule has 0 atom stereocenters. The molecule has 0 aliphatic carbocycles. The number of aliphatic hydroxyl groups excluding tert-OH is 1. The van der Waals surface area contributed by atoms with Crippen LogP contribution in [0.5, 0.6) is 0 Å². The summed E-state index contributed by atoms with van der Waals surface area (Å²) >= 11 is 0. The van der Waals surface area contributed by atoms with Crippen LogP contribution in [0.2, 0.25) is 0 Å². The van der Waals surface area contributed by atoms with E-state index in [2.05, 4.69) is 27.7 Å². The van der Waals surface area contributed by atoms with Crippen LogP contribution in [0.4, 0.5) is 0 Å². The van der Waals surface area contributed by atoms with E-state index in [-0.39, 0.29) is 0 Å². The van der Waals surface area contributed by atoms with Crippen molar-refractivity contribution in [1.82, 2.24) is 0 Å². The van der Waals surface area contributed by atoms with Crippen molar-refractivity contribution in [2.75, 3.05) is 34.3 Å². The third-order valence-corrected chi connectivity index (χ3v) is 1.44. The molecule has 0 unspecified atom stereocenters. The SMILES string of the molecule is C=C(O)C(=O)OCCC[N+](C)(C)C. The Hall–Kier alpha value is -1.03. The maximum absolute atomic E-state index is 10.7. The van der Waals surface area contributed by atoms with Crippen molar-refractivity contribution < 1.29 is 19.1 Å². The first-order chi connectivity index (χ1) is 5.83. The van der Waals surface area contributed by atoms with Crippen molar-refractivity contribution in [2.45, 2.75) is 6.42 Å². The van der Waals surface area contributed by atoms with Crippen LogP contribution in [0.1, 0.15) is 6.42 Å². The van der Waals surface area contributed by atoms with Crippen LogP contribution < -0.4 is 0 Å². The van der Waals surface area contributed by atoms with Crippen LogP contribution in [0.25, 0.3) is 0 Å². The van der Waals surface area contributed by atoms with E-state index in [1.807, 2.05) is 0 Å². The third-order valence-electron chi connectivity index (χ3n) is 1.44. The lowest BCUT2D eigenvalue weighted by molar-refractivity contribution is -0.870. The second-order valence-electron chi connectivity index (χ2n) is 3.95. The van der Waals surface area contributed by atoms with Crippen molar-refractivity contribution in [3.05, 3.63) is 12.3 Å². The molecule has 1 N–H and O–H groups in total. The lowest BCUT2D eigenvalue weighted by Gasteiger charge is -2.23. The maximum atomic E-state index is 10.7. The summed E-state index contributed by atoms with van der Waals surface area (Å²) in [5.41, 5.74) is 0. The lowest BCUT2D eigenvalue weighted by Crippen LogP contribution is -2.35. The van der Waals surface area contributed by atoms with Crippen molar-refractivity contribution in [2.24, 2.45) is 0 Å².